The summed E-state index contributed by atoms with van der Waals surface area (Å²) in [5.41, 5.74) is 0. The van der Waals surface area contributed by atoms with Crippen molar-refractivity contribution in [3.8, 4) is 0 Å². The third-order valence-electron chi connectivity index (χ3n) is 2.75. The third-order valence-corrected chi connectivity index (χ3v) is 2.75. The number of hydrogen-bond donors (Lipinski definition) is 1. The summed E-state index contributed by atoms with van der Waals surface area (Å²) in [6, 6.07) is -0.467. The Balaban J connectivity index is 2.21. The molecular formula is C11H18NO2. The van der Waals surface area contributed by atoms with E-state index in [0.717, 1.165) is 12.8 Å². The highest BCUT2D eigenvalue weighted by atomic mass is 16.2. The molecule has 0 aromatic heterocycles. The van der Waals surface area contributed by atoms with E-state index < -0.39 is 6.04 Å². The first-order chi connectivity index (χ1) is 6.72. The van der Waals surface area contributed by atoms with Crippen molar-refractivity contribution in [2.45, 2.75) is 51.5 Å². The van der Waals surface area contributed by atoms with Gasteiger partial charge in [0.25, 0.3) is 0 Å². The second kappa shape index (κ2) is 5.78. The zero-order chi connectivity index (χ0) is 10.4. The van der Waals surface area contributed by atoms with E-state index >= 15 is 0 Å². The Morgan fingerprint density at radius 1 is 1.43 bits per heavy atom. The summed E-state index contributed by atoms with van der Waals surface area (Å²) in [6.45, 7) is 1.64. The van der Waals surface area contributed by atoms with Crippen LogP contribution in [0, 0.1) is 5.92 Å². The fraction of sp³-hybridized carbons (Fsp3) is 0.818. The topological polar surface area (TPSA) is 46.2 Å². The minimum atomic E-state index is -0.467. The lowest BCUT2D eigenvalue weighted by Gasteiger charge is -2.21. The number of rotatable bonds is 4. The average molecular weight is 196 g/mol. The molecule has 1 radical (unpaired) electrons. The molecule has 1 rings (SSSR count). The molecule has 1 amide bonds. The predicted octanol–water partition coefficient (Wildman–Crippen LogP) is 1.57. The second-order valence-electron chi connectivity index (χ2n) is 4.12. The first-order valence-corrected chi connectivity index (χ1v) is 5.39. The van der Waals surface area contributed by atoms with Gasteiger partial charge in [-0.1, -0.05) is 19.3 Å². The first-order valence-electron chi connectivity index (χ1n) is 5.39. The van der Waals surface area contributed by atoms with E-state index in [1.54, 1.807) is 13.2 Å². The minimum Gasteiger partial charge on any atom is -0.346 e. The normalized spacial score (nSPS) is 20.1. The van der Waals surface area contributed by atoms with Crippen molar-refractivity contribution in [3.05, 3.63) is 0 Å². The first kappa shape index (κ1) is 11.2. The molecule has 0 saturated heterocycles. The van der Waals surface area contributed by atoms with E-state index in [4.69, 9.17) is 0 Å². The summed E-state index contributed by atoms with van der Waals surface area (Å²) in [7, 11) is 0. The summed E-state index contributed by atoms with van der Waals surface area (Å²) in [5, 5.41) is 2.61. The van der Waals surface area contributed by atoms with Gasteiger partial charge in [0, 0.05) is 6.42 Å². The predicted molar refractivity (Wildman–Crippen MR) is 54.5 cm³/mol. The Morgan fingerprint density at radius 2 is 2.07 bits per heavy atom. The molecule has 1 N–H and O–H groups in total. The molecule has 1 saturated carbocycles. The van der Waals surface area contributed by atoms with Gasteiger partial charge in [-0.2, -0.15) is 0 Å². The lowest BCUT2D eigenvalue weighted by molar-refractivity contribution is -0.122. The van der Waals surface area contributed by atoms with E-state index in [1.807, 2.05) is 0 Å². The molecule has 3 nitrogen and oxygen atoms in total. The van der Waals surface area contributed by atoms with E-state index in [0.29, 0.717) is 12.3 Å². The molecule has 0 heterocycles. The summed E-state index contributed by atoms with van der Waals surface area (Å²) in [6.07, 6.45) is 8.43. The van der Waals surface area contributed by atoms with Gasteiger partial charge in [-0.15, -0.1) is 0 Å². The SMILES string of the molecule is CC([C]=O)NC(=O)CC1CCCCC1. The third kappa shape index (κ3) is 3.90. The molecule has 0 aromatic rings. The van der Waals surface area contributed by atoms with Crippen molar-refractivity contribution in [1.29, 1.82) is 0 Å². The van der Waals surface area contributed by atoms with E-state index in [-0.39, 0.29) is 5.91 Å². The number of hydrogen-bond acceptors (Lipinski definition) is 2. The Bertz CT molecular complexity index is 197. The minimum absolute atomic E-state index is 0.00671. The number of amides is 1. The molecule has 0 aliphatic heterocycles. The van der Waals surface area contributed by atoms with Gasteiger partial charge in [0.1, 0.15) is 0 Å². The molecule has 79 valence electrons. The quantitative estimate of drug-likeness (QED) is 0.742. The van der Waals surface area contributed by atoms with Gasteiger partial charge in [0.05, 0.1) is 6.04 Å². The Morgan fingerprint density at radius 3 is 2.64 bits per heavy atom. The van der Waals surface area contributed by atoms with Crippen LogP contribution < -0.4 is 5.32 Å². The molecular weight excluding hydrogens is 178 g/mol. The molecule has 1 aliphatic rings. The van der Waals surface area contributed by atoms with Gasteiger partial charge in [0.2, 0.25) is 12.2 Å². The Hall–Kier alpha value is -0.860. The molecule has 3 heteroatoms. The highest BCUT2D eigenvalue weighted by Crippen LogP contribution is 2.25. The van der Waals surface area contributed by atoms with E-state index in [2.05, 4.69) is 5.32 Å². The molecule has 14 heavy (non-hydrogen) atoms. The van der Waals surface area contributed by atoms with E-state index in [1.165, 1.54) is 19.3 Å². The molecule has 0 spiro atoms. The number of carbonyl (C=O) groups excluding carboxylic acids is 2. The molecule has 1 atom stereocenters. The maximum atomic E-state index is 11.4. The molecule has 1 unspecified atom stereocenters. The smallest absolute Gasteiger partial charge is 0.222 e. The van der Waals surface area contributed by atoms with Crippen molar-refractivity contribution in [3.63, 3.8) is 0 Å². The van der Waals surface area contributed by atoms with Gasteiger partial charge >= 0.3 is 0 Å². The van der Waals surface area contributed by atoms with Crippen molar-refractivity contribution in [2.24, 2.45) is 5.92 Å². The summed E-state index contributed by atoms with van der Waals surface area (Å²) in [5.74, 6) is 0.523. The van der Waals surface area contributed by atoms with Crippen LogP contribution in [0.3, 0.4) is 0 Å². The largest absolute Gasteiger partial charge is 0.346 e. The lowest BCUT2D eigenvalue weighted by atomic mass is 9.87. The van der Waals surface area contributed by atoms with Crippen LogP contribution in [-0.4, -0.2) is 18.2 Å². The van der Waals surface area contributed by atoms with Crippen molar-refractivity contribution < 1.29 is 9.59 Å². The average Bonchev–Trinajstić information content (AvgIpc) is 2.19. The highest BCUT2D eigenvalue weighted by Gasteiger charge is 2.17. The van der Waals surface area contributed by atoms with Crippen LogP contribution in [0.4, 0.5) is 0 Å². The van der Waals surface area contributed by atoms with Gasteiger partial charge in [0.15, 0.2) is 0 Å². The zero-order valence-corrected chi connectivity index (χ0v) is 8.71. The van der Waals surface area contributed by atoms with Gasteiger partial charge in [-0.3, -0.25) is 9.59 Å². The highest BCUT2D eigenvalue weighted by molar-refractivity contribution is 5.79. The molecule has 1 aliphatic carbocycles. The Labute approximate surface area is 85.3 Å². The molecule has 0 bridgehead atoms. The van der Waals surface area contributed by atoms with Gasteiger partial charge in [-0.25, -0.2) is 0 Å². The van der Waals surface area contributed by atoms with Crippen LogP contribution in [0.25, 0.3) is 0 Å². The van der Waals surface area contributed by atoms with Crippen molar-refractivity contribution in [1.82, 2.24) is 5.32 Å². The fourth-order valence-corrected chi connectivity index (χ4v) is 1.98. The number of carbonyl (C=O) groups is 1. The summed E-state index contributed by atoms with van der Waals surface area (Å²) >= 11 is 0. The monoisotopic (exact) mass is 196 g/mol. The fourth-order valence-electron chi connectivity index (χ4n) is 1.98. The standard InChI is InChI=1S/C11H18NO2/c1-9(8-13)12-11(14)7-10-5-3-2-4-6-10/h9-10H,2-7H2,1H3,(H,12,14). The van der Waals surface area contributed by atoms with Crippen LogP contribution in [0.15, 0.2) is 0 Å². The van der Waals surface area contributed by atoms with Crippen LogP contribution in [0.5, 0.6) is 0 Å². The van der Waals surface area contributed by atoms with Crippen LogP contribution in [0.1, 0.15) is 45.4 Å². The van der Waals surface area contributed by atoms with Crippen LogP contribution in [-0.2, 0) is 9.59 Å². The van der Waals surface area contributed by atoms with Gasteiger partial charge < -0.3 is 5.32 Å². The van der Waals surface area contributed by atoms with Crippen LogP contribution in [0.2, 0.25) is 0 Å². The zero-order valence-electron chi connectivity index (χ0n) is 8.71. The van der Waals surface area contributed by atoms with Crippen molar-refractivity contribution >= 4 is 12.2 Å². The van der Waals surface area contributed by atoms with Gasteiger partial charge in [-0.05, 0) is 25.7 Å². The summed E-state index contributed by atoms with van der Waals surface area (Å²) < 4.78 is 0. The van der Waals surface area contributed by atoms with Crippen molar-refractivity contribution in [2.75, 3.05) is 0 Å². The second-order valence-corrected chi connectivity index (χ2v) is 4.12. The molecule has 1 fully saturated rings. The van der Waals surface area contributed by atoms with E-state index in [9.17, 15) is 9.59 Å². The lowest BCUT2D eigenvalue weighted by Crippen LogP contribution is -2.34. The molecule has 0 aromatic carbocycles. The maximum Gasteiger partial charge on any atom is 0.222 e. The maximum absolute atomic E-state index is 11.4. The Kier molecular flexibility index (Phi) is 4.63. The summed E-state index contributed by atoms with van der Waals surface area (Å²) in [4.78, 5) is 21.6. The van der Waals surface area contributed by atoms with Crippen LogP contribution >= 0.6 is 0 Å². The number of nitrogens with one attached hydrogen (secondary N) is 1.